The van der Waals surface area contributed by atoms with Crippen molar-refractivity contribution in [2.45, 2.75) is 25.8 Å². The summed E-state index contributed by atoms with van der Waals surface area (Å²) in [6.45, 7) is 4.97. The van der Waals surface area contributed by atoms with E-state index in [1.807, 2.05) is 0 Å². The van der Waals surface area contributed by atoms with Crippen LogP contribution in [0.5, 0.6) is 0 Å². The molecule has 0 spiro atoms. The highest BCUT2D eigenvalue weighted by Crippen LogP contribution is 2.32. The molecule has 1 aromatic carbocycles. The summed E-state index contributed by atoms with van der Waals surface area (Å²) in [4.78, 5) is 13.2. The number of para-hydroxylation sites is 1. The van der Waals surface area contributed by atoms with E-state index in [-0.39, 0.29) is 5.69 Å². The number of hydrogen-bond donors (Lipinski definition) is 3. The second-order valence-electron chi connectivity index (χ2n) is 4.91. The third kappa shape index (κ3) is 3.00. The number of nitro groups is 1. The number of benzene rings is 1. The summed E-state index contributed by atoms with van der Waals surface area (Å²) < 4.78 is 0. The molecule has 4 N–H and O–H groups in total. The molecule has 1 saturated heterocycles. The van der Waals surface area contributed by atoms with E-state index in [1.165, 1.54) is 6.42 Å². The van der Waals surface area contributed by atoms with E-state index in [0.717, 1.165) is 19.5 Å². The monoisotopic (exact) mass is 279 g/mol. The predicted molar refractivity (Wildman–Crippen MR) is 79.7 cm³/mol. The van der Waals surface area contributed by atoms with Crippen LogP contribution in [0.15, 0.2) is 18.2 Å². The number of likely N-dealkylation sites (tertiary alicyclic amines) is 1. The summed E-state index contributed by atoms with van der Waals surface area (Å²) in [5, 5.41) is 14.4. The van der Waals surface area contributed by atoms with E-state index in [2.05, 4.69) is 22.6 Å². The van der Waals surface area contributed by atoms with Gasteiger partial charge >= 0.3 is 5.69 Å². The maximum Gasteiger partial charge on any atom is 0.316 e. The van der Waals surface area contributed by atoms with Crippen molar-refractivity contribution in [2.75, 3.05) is 30.4 Å². The highest BCUT2D eigenvalue weighted by molar-refractivity contribution is 5.75. The average molecular weight is 279 g/mol. The van der Waals surface area contributed by atoms with E-state index in [9.17, 15) is 10.1 Å². The van der Waals surface area contributed by atoms with Gasteiger partial charge in [-0.2, -0.15) is 0 Å². The highest BCUT2D eigenvalue weighted by Gasteiger charge is 2.24. The van der Waals surface area contributed by atoms with Crippen LogP contribution in [0.2, 0.25) is 0 Å². The number of nitrogen functional groups attached to an aromatic ring is 1. The highest BCUT2D eigenvalue weighted by atomic mass is 16.6. The molecule has 0 saturated carbocycles. The first-order valence-electron chi connectivity index (χ1n) is 6.89. The minimum atomic E-state index is -0.413. The fourth-order valence-electron chi connectivity index (χ4n) is 2.77. The smallest absolute Gasteiger partial charge is 0.316 e. The normalized spacial score (nSPS) is 19.0. The molecule has 1 fully saturated rings. The third-order valence-electron chi connectivity index (χ3n) is 3.81. The Morgan fingerprint density at radius 2 is 2.25 bits per heavy atom. The first-order chi connectivity index (χ1) is 9.67. The second kappa shape index (κ2) is 6.53. The zero-order chi connectivity index (χ0) is 14.5. The maximum atomic E-state index is 11.2. The van der Waals surface area contributed by atoms with Crippen LogP contribution in [0.1, 0.15) is 19.8 Å². The number of nitrogens with zero attached hydrogens (tertiary/aromatic N) is 2. The molecule has 7 heteroatoms. The zero-order valence-corrected chi connectivity index (χ0v) is 11.6. The van der Waals surface area contributed by atoms with E-state index < -0.39 is 4.92 Å². The van der Waals surface area contributed by atoms with Gasteiger partial charge in [0.05, 0.1) is 4.92 Å². The summed E-state index contributed by atoms with van der Waals surface area (Å²) in [6.07, 6.45) is 2.32. The average Bonchev–Trinajstić information content (AvgIpc) is 2.91. The first kappa shape index (κ1) is 14.5. The van der Waals surface area contributed by atoms with E-state index in [1.54, 1.807) is 18.2 Å². The summed E-state index contributed by atoms with van der Waals surface area (Å²) >= 11 is 0. The lowest BCUT2D eigenvalue weighted by Gasteiger charge is -2.23. The SMILES string of the molecule is CCN1CCCC1CNc1cccc(NN)c1[N+](=O)[O-]. The van der Waals surface area contributed by atoms with E-state index >= 15 is 0 Å². The number of nitrogens with two attached hydrogens (primary N) is 1. The number of hydrogen-bond acceptors (Lipinski definition) is 6. The molecule has 1 unspecified atom stereocenters. The summed E-state index contributed by atoms with van der Waals surface area (Å²) in [6, 6.07) is 5.49. The Labute approximate surface area is 118 Å². The van der Waals surface area contributed by atoms with Crippen LogP contribution in [-0.2, 0) is 0 Å². The topological polar surface area (TPSA) is 96.5 Å². The van der Waals surface area contributed by atoms with Gasteiger partial charge in [-0.15, -0.1) is 0 Å². The van der Waals surface area contributed by atoms with Gasteiger partial charge in [0.25, 0.3) is 0 Å². The fourth-order valence-corrected chi connectivity index (χ4v) is 2.77. The van der Waals surface area contributed by atoms with Gasteiger partial charge in [0.1, 0.15) is 11.4 Å². The third-order valence-corrected chi connectivity index (χ3v) is 3.81. The Morgan fingerprint density at radius 3 is 2.90 bits per heavy atom. The van der Waals surface area contributed by atoms with Gasteiger partial charge in [0.15, 0.2) is 0 Å². The largest absolute Gasteiger partial charge is 0.378 e. The van der Waals surface area contributed by atoms with Crippen LogP contribution in [0.3, 0.4) is 0 Å². The van der Waals surface area contributed by atoms with Crippen LogP contribution >= 0.6 is 0 Å². The van der Waals surface area contributed by atoms with Gasteiger partial charge in [-0.05, 0) is 38.1 Å². The molecule has 0 radical (unpaired) electrons. The van der Waals surface area contributed by atoms with Crippen molar-refractivity contribution in [3.8, 4) is 0 Å². The Balaban J connectivity index is 2.11. The molecule has 0 bridgehead atoms. The molecule has 2 rings (SSSR count). The number of anilines is 2. The van der Waals surface area contributed by atoms with Crippen LogP contribution < -0.4 is 16.6 Å². The lowest BCUT2D eigenvalue weighted by molar-refractivity contribution is -0.383. The quantitative estimate of drug-likeness (QED) is 0.417. The number of rotatable bonds is 6. The van der Waals surface area contributed by atoms with Crippen molar-refractivity contribution in [3.05, 3.63) is 28.3 Å². The Hall–Kier alpha value is -1.86. The molecule has 20 heavy (non-hydrogen) atoms. The standard InChI is InChI=1S/C13H21N5O2/c1-2-17-8-4-5-10(17)9-15-11-6-3-7-12(16-14)13(11)18(19)20/h3,6-7,10,15-16H,2,4-5,8-9,14H2,1H3. The number of hydrazine groups is 1. The van der Waals surface area contributed by atoms with Crippen LogP contribution in [0.25, 0.3) is 0 Å². The predicted octanol–water partition coefficient (Wildman–Crippen LogP) is 1.78. The zero-order valence-electron chi connectivity index (χ0n) is 11.6. The molecule has 1 heterocycles. The molecule has 0 aliphatic carbocycles. The van der Waals surface area contributed by atoms with Crippen molar-refractivity contribution in [2.24, 2.45) is 5.84 Å². The first-order valence-corrected chi connectivity index (χ1v) is 6.89. The molecule has 1 aromatic rings. The Kier molecular flexibility index (Phi) is 4.75. The second-order valence-corrected chi connectivity index (χ2v) is 4.91. The van der Waals surface area contributed by atoms with Gasteiger partial charge in [0.2, 0.25) is 0 Å². The molecular formula is C13H21N5O2. The fraction of sp³-hybridized carbons (Fsp3) is 0.538. The molecule has 1 aliphatic heterocycles. The maximum absolute atomic E-state index is 11.2. The Morgan fingerprint density at radius 1 is 1.50 bits per heavy atom. The minimum absolute atomic E-state index is 0.00366. The molecular weight excluding hydrogens is 258 g/mol. The van der Waals surface area contributed by atoms with Crippen LogP contribution in [0.4, 0.5) is 17.1 Å². The van der Waals surface area contributed by atoms with Gasteiger partial charge in [0, 0.05) is 12.6 Å². The molecule has 1 aliphatic rings. The lowest BCUT2D eigenvalue weighted by Crippen LogP contribution is -2.34. The minimum Gasteiger partial charge on any atom is -0.378 e. The van der Waals surface area contributed by atoms with Gasteiger partial charge in [-0.3, -0.25) is 20.9 Å². The van der Waals surface area contributed by atoms with E-state index in [4.69, 9.17) is 5.84 Å². The summed E-state index contributed by atoms with van der Waals surface area (Å²) in [7, 11) is 0. The molecule has 1 atom stereocenters. The van der Waals surface area contributed by atoms with Crippen LogP contribution in [0, 0.1) is 10.1 Å². The summed E-state index contributed by atoms with van der Waals surface area (Å²) in [5.41, 5.74) is 3.20. The number of likely N-dealkylation sites (N-methyl/N-ethyl adjacent to an activating group) is 1. The van der Waals surface area contributed by atoms with Gasteiger partial charge in [-0.1, -0.05) is 13.0 Å². The van der Waals surface area contributed by atoms with Crippen molar-refractivity contribution < 1.29 is 4.92 Å². The summed E-state index contributed by atoms with van der Waals surface area (Å²) in [5.74, 6) is 5.33. The van der Waals surface area contributed by atoms with Crippen molar-refractivity contribution >= 4 is 17.1 Å². The van der Waals surface area contributed by atoms with Crippen molar-refractivity contribution in [1.82, 2.24) is 4.90 Å². The van der Waals surface area contributed by atoms with Crippen molar-refractivity contribution in [3.63, 3.8) is 0 Å². The molecule has 7 nitrogen and oxygen atoms in total. The van der Waals surface area contributed by atoms with Crippen molar-refractivity contribution in [1.29, 1.82) is 0 Å². The molecule has 0 aromatic heterocycles. The molecule has 110 valence electrons. The Bertz CT molecular complexity index is 480. The van der Waals surface area contributed by atoms with E-state index in [0.29, 0.717) is 24.0 Å². The lowest BCUT2D eigenvalue weighted by atomic mass is 10.2. The van der Waals surface area contributed by atoms with Crippen LogP contribution in [-0.4, -0.2) is 35.5 Å². The van der Waals surface area contributed by atoms with Gasteiger partial charge < -0.3 is 10.7 Å². The number of nitro benzene ring substituents is 1. The molecule has 0 amide bonds. The van der Waals surface area contributed by atoms with Gasteiger partial charge in [-0.25, -0.2) is 0 Å². The number of nitrogens with one attached hydrogen (secondary N) is 2.